The summed E-state index contributed by atoms with van der Waals surface area (Å²) in [6, 6.07) is 3.10. The standard InChI is InChI=1S/C14H19Cl2N3O2/c1-19(7-10-3-2-4-21-10)8-13(20)18-14-11(16)5-9(15)6-12(14)17/h5-6,10H,2-4,7-8,17H2,1H3,(H,18,20). The van der Waals surface area contributed by atoms with Gasteiger partial charge < -0.3 is 15.8 Å². The molecule has 5 nitrogen and oxygen atoms in total. The van der Waals surface area contributed by atoms with Crippen molar-refractivity contribution < 1.29 is 9.53 Å². The zero-order valence-electron chi connectivity index (χ0n) is 11.9. The van der Waals surface area contributed by atoms with Crippen molar-refractivity contribution in [3.63, 3.8) is 0 Å². The molecular formula is C14H19Cl2N3O2. The average Bonchev–Trinajstić information content (AvgIpc) is 2.86. The van der Waals surface area contributed by atoms with E-state index < -0.39 is 0 Å². The molecule has 1 heterocycles. The summed E-state index contributed by atoms with van der Waals surface area (Å²) < 4.78 is 5.55. The zero-order chi connectivity index (χ0) is 15.4. The van der Waals surface area contributed by atoms with Crippen molar-refractivity contribution in [2.24, 2.45) is 0 Å². The van der Waals surface area contributed by atoms with Gasteiger partial charge in [0, 0.05) is 18.2 Å². The Morgan fingerprint density at radius 1 is 1.52 bits per heavy atom. The third kappa shape index (κ3) is 4.74. The SMILES string of the molecule is CN(CC(=O)Nc1c(N)cc(Cl)cc1Cl)CC1CCCO1. The number of ether oxygens (including phenoxy) is 1. The minimum Gasteiger partial charge on any atom is -0.397 e. The molecule has 116 valence electrons. The molecule has 1 fully saturated rings. The molecule has 1 saturated heterocycles. The Labute approximate surface area is 134 Å². The van der Waals surface area contributed by atoms with E-state index in [1.165, 1.54) is 0 Å². The lowest BCUT2D eigenvalue weighted by atomic mass is 10.2. The van der Waals surface area contributed by atoms with Crippen LogP contribution in [0.5, 0.6) is 0 Å². The van der Waals surface area contributed by atoms with E-state index >= 15 is 0 Å². The van der Waals surface area contributed by atoms with Crippen molar-refractivity contribution in [1.82, 2.24) is 4.90 Å². The number of benzene rings is 1. The van der Waals surface area contributed by atoms with Crippen molar-refractivity contribution >= 4 is 40.5 Å². The number of hydrogen-bond acceptors (Lipinski definition) is 4. The van der Waals surface area contributed by atoms with Crippen LogP contribution in [0.25, 0.3) is 0 Å². The molecule has 0 spiro atoms. The van der Waals surface area contributed by atoms with Crippen LogP contribution in [-0.4, -0.2) is 43.7 Å². The molecule has 1 unspecified atom stereocenters. The third-order valence-corrected chi connectivity index (χ3v) is 3.82. The number of nitrogens with zero attached hydrogens (tertiary/aromatic N) is 1. The van der Waals surface area contributed by atoms with Crippen molar-refractivity contribution in [2.45, 2.75) is 18.9 Å². The first kappa shape index (κ1) is 16.4. The highest BCUT2D eigenvalue weighted by Crippen LogP contribution is 2.31. The Morgan fingerprint density at radius 2 is 2.29 bits per heavy atom. The lowest BCUT2D eigenvalue weighted by Gasteiger charge is -2.20. The van der Waals surface area contributed by atoms with E-state index in [-0.39, 0.29) is 18.6 Å². The molecule has 0 aliphatic carbocycles. The van der Waals surface area contributed by atoms with E-state index in [0.717, 1.165) is 26.0 Å². The molecule has 0 bridgehead atoms. The minimum atomic E-state index is -0.175. The van der Waals surface area contributed by atoms with Gasteiger partial charge in [-0.3, -0.25) is 9.69 Å². The first-order valence-corrected chi connectivity index (χ1v) is 7.56. The van der Waals surface area contributed by atoms with Gasteiger partial charge in [-0.2, -0.15) is 0 Å². The highest BCUT2D eigenvalue weighted by Gasteiger charge is 2.19. The van der Waals surface area contributed by atoms with Gasteiger partial charge in [-0.15, -0.1) is 0 Å². The molecule has 0 radical (unpaired) electrons. The summed E-state index contributed by atoms with van der Waals surface area (Å²) in [5.74, 6) is -0.175. The van der Waals surface area contributed by atoms with Crippen LogP contribution in [-0.2, 0) is 9.53 Å². The Bertz CT molecular complexity index is 496. The number of nitrogen functional groups attached to an aromatic ring is 1. The van der Waals surface area contributed by atoms with E-state index in [1.807, 2.05) is 11.9 Å². The van der Waals surface area contributed by atoms with E-state index in [9.17, 15) is 4.79 Å². The molecule has 1 atom stereocenters. The maximum atomic E-state index is 12.0. The second-order valence-corrected chi connectivity index (χ2v) is 6.08. The normalized spacial score (nSPS) is 18.2. The van der Waals surface area contributed by atoms with Gasteiger partial charge in [-0.1, -0.05) is 23.2 Å². The Hall–Kier alpha value is -1.01. The Balaban J connectivity index is 1.89. The number of carbonyl (C=O) groups is 1. The van der Waals surface area contributed by atoms with Gasteiger partial charge in [0.05, 0.1) is 29.0 Å². The quantitative estimate of drug-likeness (QED) is 0.814. The number of likely N-dealkylation sites (N-methyl/N-ethyl adjacent to an activating group) is 1. The highest BCUT2D eigenvalue weighted by molar-refractivity contribution is 6.37. The first-order valence-electron chi connectivity index (χ1n) is 6.80. The lowest BCUT2D eigenvalue weighted by Crippen LogP contribution is -2.35. The van der Waals surface area contributed by atoms with E-state index in [2.05, 4.69) is 5.32 Å². The molecular weight excluding hydrogens is 313 g/mol. The number of rotatable bonds is 5. The van der Waals surface area contributed by atoms with Gasteiger partial charge in [-0.25, -0.2) is 0 Å². The Kier molecular flexibility index (Phi) is 5.70. The van der Waals surface area contributed by atoms with Gasteiger partial charge >= 0.3 is 0 Å². The molecule has 1 amide bonds. The van der Waals surface area contributed by atoms with Crippen LogP contribution in [0.4, 0.5) is 11.4 Å². The smallest absolute Gasteiger partial charge is 0.238 e. The summed E-state index contributed by atoms with van der Waals surface area (Å²) in [6.45, 7) is 1.79. The van der Waals surface area contributed by atoms with Gasteiger partial charge in [0.25, 0.3) is 0 Å². The van der Waals surface area contributed by atoms with Gasteiger partial charge in [-0.05, 0) is 32.0 Å². The molecule has 1 aliphatic heterocycles. The van der Waals surface area contributed by atoms with Crippen LogP contribution in [0, 0.1) is 0 Å². The zero-order valence-corrected chi connectivity index (χ0v) is 13.4. The number of amides is 1. The number of nitrogens with one attached hydrogen (secondary N) is 1. The van der Waals surface area contributed by atoms with E-state index in [4.69, 9.17) is 33.7 Å². The van der Waals surface area contributed by atoms with Gasteiger partial charge in [0.1, 0.15) is 0 Å². The highest BCUT2D eigenvalue weighted by atomic mass is 35.5. The van der Waals surface area contributed by atoms with Crippen molar-refractivity contribution in [3.05, 3.63) is 22.2 Å². The fourth-order valence-corrected chi connectivity index (χ4v) is 2.91. The fourth-order valence-electron chi connectivity index (χ4n) is 2.35. The largest absolute Gasteiger partial charge is 0.397 e. The molecule has 3 N–H and O–H groups in total. The topological polar surface area (TPSA) is 67.6 Å². The van der Waals surface area contributed by atoms with Crippen LogP contribution in [0.1, 0.15) is 12.8 Å². The van der Waals surface area contributed by atoms with Crippen molar-refractivity contribution in [1.29, 1.82) is 0 Å². The predicted molar refractivity (Wildman–Crippen MR) is 86.0 cm³/mol. The third-order valence-electron chi connectivity index (χ3n) is 3.30. The summed E-state index contributed by atoms with van der Waals surface area (Å²) >= 11 is 11.9. The maximum absolute atomic E-state index is 12.0. The predicted octanol–water partition coefficient (Wildman–Crippen LogP) is 2.62. The molecule has 2 rings (SSSR count). The lowest BCUT2D eigenvalue weighted by molar-refractivity contribution is -0.117. The van der Waals surface area contributed by atoms with E-state index in [0.29, 0.717) is 21.4 Å². The summed E-state index contributed by atoms with van der Waals surface area (Å²) in [5, 5.41) is 3.49. The summed E-state index contributed by atoms with van der Waals surface area (Å²) in [7, 11) is 1.88. The van der Waals surface area contributed by atoms with Crippen molar-refractivity contribution in [3.8, 4) is 0 Å². The maximum Gasteiger partial charge on any atom is 0.238 e. The monoisotopic (exact) mass is 331 g/mol. The van der Waals surface area contributed by atoms with Crippen LogP contribution in [0.2, 0.25) is 10.0 Å². The average molecular weight is 332 g/mol. The molecule has 21 heavy (non-hydrogen) atoms. The summed E-state index contributed by atoms with van der Waals surface area (Å²) in [4.78, 5) is 14.0. The van der Waals surface area contributed by atoms with Crippen molar-refractivity contribution in [2.75, 3.05) is 37.8 Å². The van der Waals surface area contributed by atoms with Crippen LogP contribution >= 0.6 is 23.2 Å². The fraction of sp³-hybridized carbons (Fsp3) is 0.500. The number of anilines is 2. The van der Waals surface area contributed by atoms with E-state index in [1.54, 1.807) is 12.1 Å². The second kappa shape index (κ2) is 7.31. The molecule has 7 heteroatoms. The first-order chi connectivity index (χ1) is 9.95. The summed E-state index contributed by atoms with van der Waals surface area (Å²) in [6.07, 6.45) is 2.34. The van der Waals surface area contributed by atoms with Gasteiger partial charge in [0.15, 0.2) is 0 Å². The number of nitrogens with two attached hydrogens (primary N) is 1. The second-order valence-electron chi connectivity index (χ2n) is 5.23. The minimum absolute atomic E-state index is 0.175. The Morgan fingerprint density at radius 3 is 2.90 bits per heavy atom. The van der Waals surface area contributed by atoms with Crippen LogP contribution < -0.4 is 11.1 Å². The van der Waals surface area contributed by atoms with Crippen LogP contribution in [0.15, 0.2) is 12.1 Å². The number of carbonyl (C=O) groups excluding carboxylic acids is 1. The summed E-state index contributed by atoms with van der Waals surface area (Å²) in [5.41, 5.74) is 6.57. The molecule has 1 aromatic carbocycles. The molecule has 0 aromatic heterocycles. The number of halogens is 2. The molecule has 1 aliphatic rings. The van der Waals surface area contributed by atoms with Crippen LogP contribution in [0.3, 0.4) is 0 Å². The van der Waals surface area contributed by atoms with Gasteiger partial charge in [0.2, 0.25) is 5.91 Å². The number of hydrogen-bond donors (Lipinski definition) is 2. The molecule has 0 saturated carbocycles. The molecule has 1 aromatic rings.